The van der Waals surface area contributed by atoms with E-state index >= 15 is 0 Å². The van der Waals surface area contributed by atoms with E-state index in [1.54, 1.807) is 0 Å². The molecule has 0 radical (unpaired) electrons. The molecule has 0 heterocycles. The highest BCUT2D eigenvalue weighted by atomic mass is 127. The average Bonchev–Trinajstić information content (AvgIpc) is 2.15. The minimum atomic E-state index is -3.49. The zero-order valence-corrected chi connectivity index (χ0v) is 11.6. The van der Waals surface area contributed by atoms with Gasteiger partial charge in [0.25, 0.3) is 0 Å². The zero-order chi connectivity index (χ0) is 11.5. The number of hydrogen-bond acceptors (Lipinski definition) is 1. The summed E-state index contributed by atoms with van der Waals surface area (Å²) in [7, 11) is 0. The Labute approximate surface area is 108 Å². The molecule has 1 nitrogen and oxygen atoms in total. The van der Waals surface area contributed by atoms with Crippen molar-refractivity contribution in [2.24, 2.45) is 11.8 Å². The maximum absolute atomic E-state index is 12.4. The van der Waals surface area contributed by atoms with Crippen LogP contribution in [-0.2, 0) is 4.74 Å². The Kier molecular flexibility index (Phi) is 5.52. The molecule has 0 aromatic rings. The quantitative estimate of drug-likeness (QED) is 0.537. The Morgan fingerprint density at radius 3 is 2.33 bits per heavy atom. The van der Waals surface area contributed by atoms with Crippen molar-refractivity contribution in [3.05, 3.63) is 0 Å². The summed E-state index contributed by atoms with van der Waals surface area (Å²) in [5.74, 6) is 1.33. The molecule has 0 aromatic heterocycles. The fourth-order valence-electron chi connectivity index (χ4n) is 2.09. The molecule has 1 saturated carbocycles. The lowest BCUT2D eigenvalue weighted by Gasteiger charge is -2.32. The molecule has 0 aliphatic heterocycles. The summed E-state index contributed by atoms with van der Waals surface area (Å²) in [6, 6.07) is 0. The van der Waals surface area contributed by atoms with Gasteiger partial charge < -0.3 is 4.74 Å². The van der Waals surface area contributed by atoms with Crippen molar-refractivity contribution >= 4 is 34.2 Å². The second kappa shape index (κ2) is 5.96. The van der Waals surface area contributed by atoms with Gasteiger partial charge in [-0.3, -0.25) is 0 Å². The van der Waals surface area contributed by atoms with Crippen molar-refractivity contribution in [3.8, 4) is 0 Å². The van der Waals surface area contributed by atoms with Gasteiger partial charge in [-0.1, -0.05) is 29.5 Å². The largest absolute Gasteiger partial charge is 0.440 e. The van der Waals surface area contributed by atoms with E-state index < -0.39 is 5.57 Å². The molecule has 1 unspecified atom stereocenters. The minimum absolute atomic E-state index is 0.366. The Hall–Kier alpha value is 0.840. The van der Waals surface area contributed by atoms with Crippen LogP contribution >= 0.6 is 34.2 Å². The van der Waals surface area contributed by atoms with E-state index in [2.05, 4.69) is 34.3 Å². The minimum Gasteiger partial charge on any atom is -0.304 e. The first-order valence-corrected chi connectivity index (χ1v) is 7.13. The van der Waals surface area contributed by atoms with Gasteiger partial charge in [-0.05, 0) is 49.1 Å². The van der Waals surface area contributed by atoms with Gasteiger partial charge in [0.15, 0.2) is 0 Å². The average molecular weight is 353 g/mol. The molecule has 1 aliphatic rings. The van der Waals surface area contributed by atoms with Crippen molar-refractivity contribution in [3.63, 3.8) is 0 Å². The van der Waals surface area contributed by atoms with Gasteiger partial charge in [0.05, 0.1) is 6.10 Å². The summed E-state index contributed by atoms with van der Waals surface area (Å²) in [5.41, 5.74) is -3.49. The number of hydrogen-bond donors (Lipinski definition) is 0. The van der Waals surface area contributed by atoms with Crippen LogP contribution in [0.4, 0.5) is 8.78 Å². The molecule has 15 heavy (non-hydrogen) atoms. The zero-order valence-electron chi connectivity index (χ0n) is 8.69. The second-order valence-corrected chi connectivity index (χ2v) is 5.55. The summed E-state index contributed by atoms with van der Waals surface area (Å²) >= 11 is 7.11. The second-order valence-electron chi connectivity index (χ2n) is 4.23. The van der Waals surface area contributed by atoms with Crippen LogP contribution in [0.3, 0.4) is 0 Å². The summed E-state index contributed by atoms with van der Waals surface area (Å²) in [4.78, 5) is 0. The standard InChI is InChI=1S/C10H16ClF2IO/c1-7(6-14)8-2-4-9(5-3-8)15-10(11,12)13/h7-9H,2-6H2,1H3. The van der Waals surface area contributed by atoms with Crippen molar-refractivity contribution in [1.82, 2.24) is 0 Å². The molecule has 0 amide bonds. The van der Waals surface area contributed by atoms with E-state index in [1.807, 2.05) is 0 Å². The predicted octanol–water partition coefficient (Wildman–Crippen LogP) is 4.42. The third-order valence-corrected chi connectivity index (χ3v) is 4.55. The summed E-state index contributed by atoms with van der Waals surface area (Å²) in [6.07, 6.45) is 2.99. The van der Waals surface area contributed by atoms with Gasteiger partial charge in [-0.25, -0.2) is 0 Å². The van der Waals surface area contributed by atoms with E-state index in [-0.39, 0.29) is 6.10 Å². The first-order valence-electron chi connectivity index (χ1n) is 5.23. The van der Waals surface area contributed by atoms with Gasteiger partial charge >= 0.3 is 5.57 Å². The fourth-order valence-corrected chi connectivity index (χ4v) is 2.94. The lowest BCUT2D eigenvalue weighted by Crippen LogP contribution is -2.29. The van der Waals surface area contributed by atoms with Gasteiger partial charge in [0, 0.05) is 4.43 Å². The molecule has 1 aliphatic carbocycles. The molecule has 0 saturated heterocycles. The molecule has 0 bridgehead atoms. The lowest BCUT2D eigenvalue weighted by atomic mass is 9.80. The van der Waals surface area contributed by atoms with Gasteiger partial charge in [0.1, 0.15) is 0 Å². The molecular formula is C10H16ClF2IO. The van der Waals surface area contributed by atoms with Crippen molar-refractivity contribution in [2.45, 2.75) is 44.3 Å². The molecule has 1 fully saturated rings. The fraction of sp³-hybridized carbons (Fsp3) is 1.00. The highest BCUT2D eigenvalue weighted by Crippen LogP contribution is 2.35. The third kappa shape index (κ3) is 5.13. The van der Waals surface area contributed by atoms with E-state index in [1.165, 1.54) is 0 Å². The first-order chi connectivity index (χ1) is 6.92. The van der Waals surface area contributed by atoms with Crippen LogP contribution in [0.5, 0.6) is 0 Å². The normalized spacial score (nSPS) is 30.2. The Bertz CT molecular complexity index is 190. The van der Waals surface area contributed by atoms with Crippen LogP contribution in [0, 0.1) is 11.8 Å². The number of alkyl halides is 4. The highest BCUT2D eigenvalue weighted by molar-refractivity contribution is 14.1. The molecule has 1 rings (SSSR count). The van der Waals surface area contributed by atoms with Gasteiger partial charge in [0.2, 0.25) is 0 Å². The lowest BCUT2D eigenvalue weighted by molar-refractivity contribution is -0.207. The molecule has 5 heteroatoms. The smallest absolute Gasteiger partial charge is 0.304 e. The monoisotopic (exact) mass is 352 g/mol. The van der Waals surface area contributed by atoms with Crippen LogP contribution in [-0.4, -0.2) is 16.1 Å². The van der Waals surface area contributed by atoms with E-state index in [0.29, 0.717) is 24.7 Å². The molecule has 1 atom stereocenters. The van der Waals surface area contributed by atoms with E-state index in [4.69, 9.17) is 11.6 Å². The van der Waals surface area contributed by atoms with Crippen LogP contribution in [0.2, 0.25) is 0 Å². The maximum atomic E-state index is 12.4. The number of ether oxygens (including phenoxy) is 1. The van der Waals surface area contributed by atoms with Crippen molar-refractivity contribution in [1.29, 1.82) is 0 Å². The van der Waals surface area contributed by atoms with Crippen LogP contribution in [0.1, 0.15) is 32.6 Å². The summed E-state index contributed by atoms with van der Waals surface area (Å²) in [5, 5.41) is 0. The molecular weight excluding hydrogens is 336 g/mol. The van der Waals surface area contributed by atoms with E-state index in [0.717, 1.165) is 17.3 Å². The molecule has 0 aromatic carbocycles. The van der Waals surface area contributed by atoms with Gasteiger partial charge in [-0.15, -0.1) is 0 Å². The third-order valence-electron chi connectivity index (χ3n) is 3.07. The first kappa shape index (κ1) is 13.9. The summed E-state index contributed by atoms with van der Waals surface area (Å²) < 4.78 is 30.3. The predicted molar refractivity (Wildman–Crippen MR) is 65.7 cm³/mol. The molecule has 90 valence electrons. The Balaban J connectivity index is 2.30. The SMILES string of the molecule is CC(CI)C1CCC(OC(F)(F)Cl)CC1. The Morgan fingerprint density at radius 1 is 1.40 bits per heavy atom. The van der Waals surface area contributed by atoms with Gasteiger partial charge in [-0.2, -0.15) is 8.78 Å². The van der Waals surface area contributed by atoms with Crippen LogP contribution < -0.4 is 0 Å². The Morgan fingerprint density at radius 2 is 1.93 bits per heavy atom. The molecule has 0 N–H and O–H groups in total. The number of halogens is 4. The van der Waals surface area contributed by atoms with Crippen LogP contribution in [0.25, 0.3) is 0 Å². The van der Waals surface area contributed by atoms with E-state index in [9.17, 15) is 8.78 Å². The number of rotatable bonds is 4. The topological polar surface area (TPSA) is 9.23 Å². The maximum Gasteiger partial charge on any atom is 0.440 e. The summed E-state index contributed by atoms with van der Waals surface area (Å²) in [6.45, 7) is 2.22. The van der Waals surface area contributed by atoms with Crippen LogP contribution in [0.15, 0.2) is 0 Å². The van der Waals surface area contributed by atoms with Crippen molar-refractivity contribution < 1.29 is 13.5 Å². The molecule has 0 spiro atoms. The van der Waals surface area contributed by atoms with Crippen molar-refractivity contribution in [2.75, 3.05) is 4.43 Å². The highest BCUT2D eigenvalue weighted by Gasteiger charge is 2.33.